The number of carbonyl (C=O) groups is 1. The Kier molecular flexibility index (Phi) is 6.03. The van der Waals surface area contributed by atoms with E-state index in [2.05, 4.69) is 19.6 Å². The lowest BCUT2D eigenvalue weighted by Gasteiger charge is -2.47. The van der Waals surface area contributed by atoms with Crippen molar-refractivity contribution in [2.24, 2.45) is 0 Å². The molecule has 1 aromatic carbocycles. The largest absolute Gasteiger partial charge is 0.476 e. The van der Waals surface area contributed by atoms with Crippen molar-refractivity contribution in [3.8, 4) is 17.0 Å². The average molecular weight is 564 g/mol. The number of benzene rings is 1. The van der Waals surface area contributed by atoms with Crippen molar-refractivity contribution in [2.75, 3.05) is 49.2 Å². The van der Waals surface area contributed by atoms with Crippen molar-refractivity contribution in [2.45, 2.75) is 49.7 Å². The molecule has 210 valence electrons. The Balaban J connectivity index is 1.16. The second-order valence-electron chi connectivity index (χ2n) is 11.6. The molecule has 2 unspecified atom stereocenters. The molecule has 1 amide bonds. The highest BCUT2D eigenvalue weighted by molar-refractivity contribution is 7.92. The van der Waals surface area contributed by atoms with Crippen LogP contribution in [0.3, 0.4) is 0 Å². The Bertz CT molecular complexity index is 1610. The van der Waals surface area contributed by atoms with Crippen LogP contribution in [-0.4, -0.2) is 80.9 Å². The highest BCUT2D eigenvalue weighted by Crippen LogP contribution is 2.55. The number of nitrogens with one attached hydrogen (secondary N) is 1. The van der Waals surface area contributed by atoms with Crippen LogP contribution in [0.2, 0.25) is 0 Å². The van der Waals surface area contributed by atoms with Crippen LogP contribution in [0.5, 0.6) is 5.88 Å². The number of ether oxygens (including phenoxy) is 2. The number of fused-ring (bicyclic) bond motifs is 6. The number of aromatic nitrogens is 2. The summed E-state index contributed by atoms with van der Waals surface area (Å²) in [5.41, 5.74) is 4.19. The fourth-order valence-corrected chi connectivity index (χ4v) is 7.27. The molecule has 1 saturated carbocycles. The first-order chi connectivity index (χ1) is 19.2. The number of amides is 1. The molecule has 1 spiro atoms. The maximum atomic E-state index is 13.2. The Hall–Kier alpha value is -3.28. The van der Waals surface area contributed by atoms with Crippen molar-refractivity contribution < 1.29 is 22.7 Å². The molecule has 3 aromatic rings. The van der Waals surface area contributed by atoms with Crippen molar-refractivity contribution in [1.29, 1.82) is 0 Å². The molecule has 1 N–H and O–H groups in total. The number of sulfonamides is 1. The third-order valence-corrected chi connectivity index (χ3v) is 9.37. The molecule has 2 aromatic heterocycles. The normalized spacial score (nSPS) is 23.1. The fourth-order valence-electron chi connectivity index (χ4n) is 6.73. The highest BCUT2D eigenvalue weighted by Gasteiger charge is 2.54. The first-order valence-electron chi connectivity index (χ1n) is 13.9. The number of morpholine rings is 1. The van der Waals surface area contributed by atoms with Crippen LogP contribution in [0, 0.1) is 0 Å². The van der Waals surface area contributed by atoms with Crippen LogP contribution in [0.25, 0.3) is 22.0 Å². The summed E-state index contributed by atoms with van der Waals surface area (Å²) in [7, 11) is -1.74. The quantitative estimate of drug-likeness (QED) is 0.416. The van der Waals surface area contributed by atoms with Gasteiger partial charge in [0.05, 0.1) is 47.9 Å². The van der Waals surface area contributed by atoms with E-state index < -0.39 is 15.4 Å². The number of carbonyl (C=O) groups excluding carboxylic acids is 1. The summed E-state index contributed by atoms with van der Waals surface area (Å²) in [4.78, 5) is 26.5. The molecule has 2 bridgehead atoms. The summed E-state index contributed by atoms with van der Waals surface area (Å²) < 4.78 is 38.6. The molecule has 11 heteroatoms. The number of anilines is 2. The van der Waals surface area contributed by atoms with Crippen LogP contribution >= 0.6 is 0 Å². The SMILES string of the molecule is CN1C(=O)C2(CCC2)c2c1cnc1ccc(-c3cnc(OCCCN4CC5CC(C4)O5)c(NS(C)(=O)=O)c3)cc21. The zero-order chi connectivity index (χ0) is 27.6. The monoisotopic (exact) mass is 563 g/mol. The molecule has 4 fully saturated rings. The van der Waals surface area contributed by atoms with Gasteiger partial charge in [0.25, 0.3) is 0 Å². The van der Waals surface area contributed by atoms with Gasteiger partial charge in [-0.25, -0.2) is 13.4 Å². The number of hydrogen-bond acceptors (Lipinski definition) is 8. The summed E-state index contributed by atoms with van der Waals surface area (Å²) >= 11 is 0. The first-order valence-corrected chi connectivity index (χ1v) is 15.8. The molecule has 2 atom stereocenters. The molecule has 3 saturated heterocycles. The van der Waals surface area contributed by atoms with Gasteiger partial charge < -0.3 is 14.4 Å². The second kappa shape index (κ2) is 9.39. The second-order valence-corrected chi connectivity index (χ2v) is 13.3. The molecule has 4 aliphatic heterocycles. The molecule has 1 aliphatic carbocycles. The van der Waals surface area contributed by atoms with Gasteiger partial charge in [-0.1, -0.05) is 12.5 Å². The lowest BCUT2D eigenvalue weighted by molar-refractivity contribution is -0.180. The molecule has 10 nitrogen and oxygen atoms in total. The van der Waals surface area contributed by atoms with E-state index in [1.807, 2.05) is 25.2 Å². The highest BCUT2D eigenvalue weighted by atomic mass is 32.2. The maximum Gasteiger partial charge on any atom is 0.238 e. The Labute approximate surface area is 233 Å². The number of pyridine rings is 2. The van der Waals surface area contributed by atoms with E-state index in [1.54, 1.807) is 23.4 Å². The Morgan fingerprint density at radius 3 is 2.60 bits per heavy atom. The predicted octanol–water partition coefficient (Wildman–Crippen LogP) is 3.31. The lowest BCUT2D eigenvalue weighted by Crippen LogP contribution is -2.57. The van der Waals surface area contributed by atoms with E-state index >= 15 is 0 Å². The Morgan fingerprint density at radius 1 is 1.12 bits per heavy atom. The van der Waals surface area contributed by atoms with Crippen LogP contribution in [0.4, 0.5) is 11.4 Å². The maximum absolute atomic E-state index is 13.2. The van der Waals surface area contributed by atoms with Crippen molar-refractivity contribution in [3.63, 3.8) is 0 Å². The predicted molar refractivity (Wildman–Crippen MR) is 152 cm³/mol. The Morgan fingerprint density at radius 2 is 1.90 bits per heavy atom. The third-order valence-electron chi connectivity index (χ3n) is 8.78. The summed E-state index contributed by atoms with van der Waals surface area (Å²) in [6, 6.07) is 7.70. The average Bonchev–Trinajstić information content (AvgIpc) is 3.13. The minimum atomic E-state index is -3.56. The van der Waals surface area contributed by atoms with E-state index in [-0.39, 0.29) is 11.8 Å². The van der Waals surface area contributed by atoms with E-state index in [0.29, 0.717) is 24.5 Å². The van der Waals surface area contributed by atoms with Gasteiger partial charge in [-0.2, -0.15) is 0 Å². The van der Waals surface area contributed by atoms with Crippen molar-refractivity contribution in [3.05, 3.63) is 42.2 Å². The number of hydrogen-bond donors (Lipinski definition) is 1. The van der Waals surface area contributed by atoms with Gasteiger partial charge in [0, 0.05) is 55.8 Å². The first kappa shape index (κ1) is 25.7. The van der Waals surface area contributed by atoms with E-state index in [9.17, 15) is 13.2 Å². The molecule has 0 radical (unpaired) electrons. The zero-order valence-electron chi connectivity index (χ0n) is 22.7. The van der Waals surface area contributed by atoms with Gasteiger partial charge in [-0.05, 0) is 43.0 Å². The van der Waals surface area contributed by atoms with E-state index in [1.165, 1.54) is 0 Å². The van der Waals surface area contributed by atoms with Crippen molar-refractivity contribution >= 4 is 38.2 Å². The number of nitrogens with zero attached hydrogens (tertiary/aromatic N) is 4. The van der Waals surface area contributed by atoms with Gasteiger partial charge >= 0.3 is 0 Å². The van der Waals surface area contributed by atoms with Crippen LogP contribution in [-0.2, 0) is 25.0 Å². The van der Waals surface area contributed by atoms with E-state index in [0.717, 1.165) is 91.3 Å². The van der Waals surface area contributed by atoms with Gasteiger partial charge in [0.1, 0.15) is 5.69 Å². The third kappa shape index (κ3) is 4.31. The number of rotatable bonds is 8. The van der Waals surface area contributed by atoms with Crippen LogP contribution in [0.1, 0.15) is 37.7 Å². The lowest BCUT2D eigenvalue weighted by atomic mass is 9.64. The van der Waals surface area contributed by atoms with Gasteiger partial charge in [0.15, 0.2) is 0 Å². The molecular weight excluding hydrogens is 530 g/mol. The van der Waals surface area contributed by atoms with Gasteiger partial charge in [0.2, 0.25) is 21.8 Å². The molecular formula is C29H33N5O5S. The zero-order valence-corrected chi connectivity index (χ0v) is 23.5. The topological polar surface area (TPSA) is 114 Å². The van der Waals surface area contributed by atoms with Crippen molar-refractivity contribution in [1.82, 2.24) is 14.9 Å². The minimum Gasteiger partial charge on any atom is -0.476 e. The van der Waals surface area contributed by atoms with E-state index in [4.69, 9.17) is 9.47 Å². The molecule has 40 heavy (non-hydrogen) atoms. The summed E-state index contributed by atoms with van der Waals surface area (Å²) in [5, 5.41) is 0.950. The van der Waals surface area contributed by atoms with Crippen LogP contribution in [0.15, 0.2) is 36.7 Å². The summed E-state index contributed by atoms with van der Waals surface area (Å²) in [6.07, 6.45) is 10.0. The van der Waals surface area contributed by atoms with Crippen LogP contribution < -0.4 is 14.4 Å². The van der Waals surface area contributed by atoms with Gasteiger partial charge in [-0.15, -0.1) is 0 Å². The fraction of sp³-hybridized carbons (Fsp3) is 0.483. The smallest absolute Gasteiger partial charge is 0.238 e. The summed E-state index contributed by atoms with van der Waals surface area (Å²) in [6.45, 7) is 3.24. The van der Waals surface area contributed by atoms with Gasteiger partial charge in [-0.3, -0.25) is 19.4 Å². The molecule has 5 aliphatic rings. The molecule has 6 heterocycles. The number of piperidine rings is 1. The number of likely N-dealkylation sites (N-methyl/N-ethyl adjacent to an activating group) is 1. The standard InChI is InChI=1S/C29H33N5O5S/c1-33-25-15-30-23-6-5-18(11-22(23)26(25)29(28(33)35)7-3-8-29)19-12-24(32-40(2,36)37)27(31-14-19)38-10-4-9-34-16-20-13-21(17-34)39-20/h5-6,11-12,14-15,20-21,32H,3-4,7-10,13,16-17H2,1-2H3. The summed E-state index contributed by atoms with van der Waals surface area (Å²) in [5.74, 6) is 0.393. The minimum absolute atomic E-state index is 0.140. The molecule has 8 rings (SSSR count).